The fourth-order valence-electron chi connectivity index (χ4n) is 0. The number of nitrogens with zero attached hydrogens (tertiary/aromatic N) is 1. The van der Waals surface area contributed by atoms with Gasteiger partial charge < -0.3 is 17.3 Å². The van der Waals surface area contributed by atoms with Crippen LogP contribution in [-0.4, -0.2) is 19.2 Å². The Hall–Kier alpha value is -1.45. The minimum absolute atomic E-state index is 0. The Morgan fingerprint density at radius 3 is 0.800 bits per heavy atom. The molecule has 0 spiro atoms. The molecule has 8 nitrogen and oxygen atoms in total. The van der Waals surface area contributed by atoms with Gasteiger partial charge in [-0.1, -0.05) is 0 Å². The van der Waals surface area contributed by atoms with Gasteiger partial charge in [-0.2, -0.15) is 0 Å². The van der Waals surface area contributed by atoms with E-state index in [0.29, 0.717) is 0 Å². The van der Waals surface area contributed by atoms with Gasteiger partial charge in [0.1, 0.15) is 0 Å². The monoisotopic (exact) mass is 475 g/mol. The van der Waals surface area contributed by atoms with Crippen molar-refractivity contribution in [2.24, 2.45) is 0 Å². The van der Waals surface area contributed by atoms with Crippen molar-refractivity contribution in [1.29, 1.82) is 0 Å². The Balaban J connectivity index is -0.0000000146. The standard InChI is InChI=1S/CH3NO2.5CO.BF4.Re/c1-2(3)4;5*1-2;2-1(3,4)5;/h1H3;;;;;;;/q;;;;;;-1;. The zero-order valence-corrected chi connectivity index (χ0v) is 12.0. The van der Waals surface area contributed by atoms with E-state index in [4.69, 9.17) is 33.4 Å². The van der Waals surface area contributed by atoms with Crippen LogP contribution in [-0.2, 0) is 43.7 Å². The van der Waals surface area contributed by atoms with Gasteiger partial charge in [0.15, 0.2) is 7.05 Å². The number of nitro groups is 1. The molecule has 0 unspecified atom stereocenters. The summed E-state index contributed by atoms with van der Waals surface area (Å²) in [5, 5.41) is 8.81. The third kappa shape index (κ3) is 1900. The largest absolute Gasteiger partial charge is 0 e. The van der Waals surface area contributed by atoms with Gasteiger partial charge in [0, 0.05) is 25.3 Å². The van der Waals surface area contributed by atoms with Crippen LogP contribution in [0, 0.1) is 43.4 Å². The van der Waals surface area contributed by atoms with Crippen LogP contribution in [0.25, 0.3) is 0 Å². The van der Waals surface area contributed by atoms with E-state index in [-0.39, 0.29) is 20.4 Å². The van der Waals surface area contributed by atoms with Crippen molar-refractivity contribution in [3.8, 4) is 0 Å². The number of rotatable bonds is 0. The molecule has 113 valence electrons. The molecule has 1 radical (unpaired) electrons. The predicted octanol–water partition coefficient (Wildman–Crippen LogP) is 1.00. The summed E-state index contributed by atoms with van der Waals surface area (Å²) in [5.41, 5.74) is 0. The smallest absolute Gasteiger partial charge is 0 e. The Bertz CT molecular complexity index is 218. The van der Waals surface area contributed by atoms with E-state index in [1.807, 2.05) is 0 Å². The van der Waals surface area contributed by atoms with Crippen LogP contribution in [0.3, 0.4) is 0 Å². The molecule has 0 aromatic rings. The van der Waals surface area contributed by atoms with E-state index < -0.39 is 12.2 Å². The first-order chi connectivity index (χ1) is 8.73. The second-order valence-corrected chi connectivity index (χ2v) is 0.935. The van der Waals surface area contributed by atoms with Crippen LogP contribution in [0.1, 0.15) is 0 Å². The van der Waals surface area contributed by atoms with Crippen LogP contribution in [0.2, 0.25) is 0 Å². The van der Waals surface area contributed by atoms with Gasteiger partial charge in [-0.05, 0) is 0 Å². The average molecular weight is 474 g/mol. The van der Waals surface area contributed by atoms with Crippen molar-refractivity contribution in [2.75, 3.05) is 7.05 Å². The summed E-state index contributed by atoms with van der Waals surface area (Å²) in [6, 6.07) is 0. The molecule has 0 heterocycles. The molecule has 20 heavy (non-hydrogen) atoms. The van der Waals surface area contributed by atoms with Crippen molar-refractivity contribution in [2.45, 2.75) is 0 Å². The molecular weight excluding hydrogens is 471 g/mol. The van der Waals surface area contributed by atoms with Crippen molar-refractivity contribution in [3.63, 3.8) is 0 Å². The van der Waals surface area contributed by atoms with Gasteiger partial charge in [-0.25, -0.2) is 0 Å². The number of halogens is 4. The summed E-state index contributed by atoms with van der Waals surface area (Å²) in [5.74, 6) is 0. The van der Waals surface area contributed by atoms with E-state index >= 15 is 0 Å². The summed E-state index contributed by atoms with van der Waals surface area (Å²) in [6.07, 6.45) is 0. The van der Waals surface area contributed by atoms with Gasteiger partial charge in [0.05, 0.1) is 0 Å². The second-order valence-electron chi connectivity index (χ2n) is 0.935. The van der Waals surface area contributed by atoms with Crippen molar-refractivity contribution in [1.82, 2.24) is 0 Å². The van der Waals surface area contributed by atoms with E-state index in [2.05, 4.69) is 33.3 Å². The van der Waals surface area contributed by atoms with E-state index in [1.54, 1.807) is 0 Å². The summed E-state index contributed by atoms with van der Waals surface area (Å²) < 4.78 is 76.5. The maximum absolute atomic E-state index is 9.75. The molecule has 0 N–H and O–H groups in total. The van der Waals surface area contributed by atoms with Crippen LogP contribution in [0.4, 0.5) is 17.3 Å². The minimum atomic E-state index is -6.00. The zero-order valence-electron chi connectivity index (χ0n) is 9.27. The van der Waals surface area contributed by atoms with Crippen molar-refractivity contribution >= 4 is 7.25 Å². The van der Waals surface area contributed by atoms with Crippen LogP contribution >= 0.6 is 0 Å². The molecule has 0 atom stereocenters. The van der Waals surface area contributed by atoms with E-state index in [1.165, 1.54) is 0 Å². The topological polar surface area (TPSA) is 143 Å². The molecule has 0 aliphatic carbocycles. The molecule has 0 aromatic heterocycles. The van der Waals surface area contributed by atoms with Gasteiger partial charge in [0.25, 0.3) is 0 Å². The van der Waals surface area contributed by atoms with Crippen LogP contribution < -0.4 is 0 Å². The normalized spacial score (nSPS) is 4.75. The molecule has 0 amide bonds. The summed E-state index contributed by atoms with van der Waals surface area (Å²) in [6.45, 7) is 22.5. The first kappa shape index (κ1) is 51.3. The Kier molecular flexibility index (Phi) is 217. The average Bonchev–Trinajstić information content (AvgIpc) is 2.38. The van der Waals surface area contributed by atoms with Crippen LogP contribution in [0.15, 0.2) is 0 Å². The fraction of sp³-hybridized carbons (Fsp3) is 0.167. The quantitative estimate of drug-likeness (QED) is 0.129. The number of hydrogen-bond donors (Lipinski definition) is 0. The molecule has 0 fully saturated rings. The molecule has 0 aromatic carbocycles. The fourth-order valence-corrected chi connectivity index (χ4v) is 0. The van der Waals surface area contributed by atoms with Gasteiger partial charge >= 0.3 is 63.8 Å². The molecule has 0 saturated carbocycles. The van der Waals surface area contributed by atoms with Crippen molar-refractivity contribution < 1.29 is 65.9 Å². The van der Waals surface area contributed by atoms with Crippen LogP contribution in [0.5, 0.6) is 0 Å². The van der Waals surface area contributed by atoms with E-state index in [9.17, 15) is 17.3 Å². The maximum atomic E-state index is 9.75. The maximum Gasteiger partial charge on any atom is 0 e. The summed E-state index contributed by atoms with van der Waals surface area (Å²) in [7, 11) is -5.11. The minimum Gasteiger partial charge on any atom is 0 e. The summed E-state index contributed by atoms with van der Waals surface area (Å²) in [4.78, 5) is 8.31. The second kappa shape index (κ2) is 84.3. The first-order valence-electron chi connectivity index (χ1n) is 2.71. The molecule has 0 saturated heterocycles. The Morgan fingerprint density at radius 1 is 0.800 bits per heavy atom. The Morgan fingerprint density at radius 2 is 0.800 bits per heavy atom. The molecule has 0 bridgehead atoms. The molecule has 14 heteroatoms. The summed E-state index contributed by atoms with van der Waals surface area (Å²) >= 11 is 0. The van der Waals surface area contributed by atoms with E-state index in [0.717, 1.165) is 7.05 Å². The first-order valence-corrected chi connectivity index (χ1v) is 2.71. The third-order valence-electron chi connectivity index (χ3n) is 0. The molecule has 0 aliphatic heterocycles. The zero-order chi connectivity index (χ0) is 18.1. The molecule has 0 aliphatic rings. The molecular formula is C6H3BF4NO7Re-. The third-order valence-corrected chi connectivity index (χ3v) is 0. The Labute approximate surface area is 124 Å². The predicted molar refractivity (Wildman–Crippen MR) is 42.8 cm³/mol. The van der Waals surface area contributed by atoms with Gasteiger partial charge in [-0.15, -0.1) is 0 Å². The van der Waals surface area contributed by atoms with Crippen molar-refractivity contribution in [3.05, 3.63) is 43.4 Å². The SMILES string of the molecule is C[N+](=O)[O-].F[B-](F)(F)F.[C-]#[O+].[C-]#[O+].[C-]#[O+].[C-]#[O+].[C-]#[O+].[Re]. The van der Waals surface area contributed by atoms with Gasteiger partial charge in [-0.3, -0.25) is 10.1 Å². The number of hydrogen-bond acceptors (Lipinski definition) is 2. The van der Waals surface area contributed by atoms with Gasteiger partial charge in [0.2, 0.25) is 0 Å². The molecule has 0 rings (SSSR count).